The summed E-state index contributed by atoms with van der Waals surface area (Å²) in [6, 6.07) is 9.93. The first-order chi connectivity index (χ1) is 15.0. The standard InChI is InChI=1S/C22H22F2N4O3/c1-13(2)30-16-10-17(23)20(18(24)11-16)21-26-22(27-31-21)28-7-5-15-9-14(3-4-19(15)28)12-25-6-8-29/h3-5,7,9-11,13,25,29H,6,8,12H2,1-2H3. The lowest BCUT2D eigenvalue weighted by Crippen LogP contribution is -2.17. The molecule has 162 valence electrons. The third-order valence-electron chi connectivity index (χ3n) is 4.60. The quantitative estimate of drug-likeness (QED) is 0.415. The van der Waals surface area contributed by atoms with E-state index in [0.29, 0.717) is 13.1 Å². The summed E-state index contributed by atoms with van der Waals surface area (Å²) in [5, 5.41) is 16.8. The van der Waals surface area contributed by atoms with E-state index in [-0.39, 0.29) is 30.3 Å². The molecule has 0 fully saturated rings. The molecule has 0 unspecified atom stereocenters. The van der Waals surface area contributed by atoms with Crippen molar-refractivity contribution in [3.8, 4) is 23.2 Å². The largest absolute Gasteiger partial charge is 0.491 e. The number of aromatic nitrogens is 3. The van der Waals surface area contributed by atoms with Crippen molar-refractivity contribution >= 4 is 10.9 Å². The number of hydrogen-bond acceptors (Lipinski definition) is 6. The van der Waals surface area contributed by atoms with Gasteiger partial charge in [0.1, 0.15) is 22.9 Å². The average molecular weight is 428 g/mol. The van der Waals surface area contributed by atoms with Crippen LogP contribution < -0.4 is 10.1 Å². The van der Waals surface area contributed by atoms with Gasteiger partial charge in [0, 0.05) is 36.8 Å². The van der Waals surface area contributed by atoms with Crippen LogP contribution in [0.15, 0.2) is 47.1 Å². The second-order valence-corrected chi connectivity index (χ2v) is 7.31. The number of fused-ring (bicyclic) bond motifs is 1. The number of aliphatic hydroxyl groups is 1. The Hall–Kier alpha value is -3.30. The summed E-state index contributed by atoms with van der Waals surface area (Å²) in [4.78, 5) is 4.19. The summed E-state index contributed by atoms with van der Waals surface area (Å²) in [5.41, 5.74) is 1.48. The summed E-state index contributed by atoms with van der Waals surface area (Å²) in [6.07, 6.45) is 1.55. The summed E-state index contributed by atoms with van der Waals surface area (Å²) < 4.78 is 41.3. The molecule has 0 bridgehead atoms. The molecule has 0 atom stereocenters. The van der Waals surface area contributed by atoms with E-state index >= 15 is 0 Å². The number of rotatable bonds is 8. The highest BCUT2D eigenvalue weighted by Crippen LogP contribution is 2.30. The first-order valence-corrected chi connectivity index (χ1v) is 9.88. The third kappa shape index (κ3) is 4.42. The van der Waals surface area contributed by atoms with Crippen molar-refractivity contribution in [2.45, 2.75) is 26.5 Å². The average Bonchev–Trinajstić information content (AvgIpc) is 3.34. The highest BCUT2D eigenvalue weighted by Gasteiger charge is 2.21. The molecule has 2 aromatic carbocycles. The fourth-order valence-electron chi connectivity index (χ4n) is 3.30. The van der Waals surface area contributed by atoms with Crippen LogP contribution in [0.3, 0.4) is 0 Å². The van der Waals surface area contributed by atoms with Crippen LogP contribution in [0.4, 0.5) is 8.78 Å². The Morgan fingerprint density at radius 1 is 1.16 bits per heavy atom. The normalized spacial score (nSPS) is 11.5. The second-order valence-electron chi connectivity index (χ2n) is 7.31. The molecule has 2 N–H and O–H groups in total. The molecule has 0 spiro atoms. The van der Waals surface area contributed by atoms with Gasteiger partial charge >= 0.3 is 0 Å². The molecule has 0 saturated carbocycles. The Morgan fingerprint density at radius 3 is 2.65 bits per heavy atom. The summed E-state index contributed by atoms with van der Waals surface area (Å²) in [5.74, 6) is -1.69. The van der Waals surface area contributed by atoms with Crippen molar-refractivity contribution in [3.05, 3.63) is 59.8 Å². The minimum Gasteiger partial charge on any atom is -0.491 e. The molecular formula is C22H22F2N4O3. The van der Waals surface area contributed by atoms with Crippen LogP contribution in [0.2, 0.25) is 0 Å². The zero-order valence-electron chi connectivity index (χ0n) is 17.1. The maximum Gasteiger partial charge on any atom is 0.275 e. The van der Waals surface area contributed by atoms with Gasteiger partial charge in [0.25, 0.3) is 11.8 Å². The number of halogens is 2. The van der Waals surface area contributed by atoms with Gasteiger partial charge in [-0.25, -0.2) is 8.78 Å². The molecule has 0 radical (unpaired) electrons. The van der Waals surface area contributed by atoms with Gasteiger partial charge in [-0.05, 0) is 42.8 Å². The van der Waals surface area contributed by atoms with E-state index in [1.807, 2.05) is 24.3 Å². The van der Waals surface area contributed by atoms with E-state index in [0.717, 1.165) is 28.6 Å². The second kappa shape index (κ2) is 8.83. The topological polar surface area (TPSA) is 85.3 Å². The highest BCUT2D eigenvalue weighted by molar-refractivity contribution is 5.82. The lowest BCUT2D eigenvalue weighted by atomic mass is 10.1. The fourth-order valence-corrected chi connectivity index (χ4v) is 3.30. The SMILES string of the molecule is CC(C)Oc1cc(F)c(-c2nc(-n3ccc4cc(CNCCO)ccc43)no2)c(F)c1. The van der Waals surface area contributed by atoms with Gasteiger partial charge in [-0.2, -0.15) is 4.98 Å². The molecule has 0 aliphatic rings. The molecule has 2 aromatic heterocycles. The van der Waals surface area contributed by atoms with Crippen LogP contribution in [-0.2, 0) is 6.54 Å². The summed E-state index contributed by atoms with van der Waals surface area (Å²) >= 11 is 0. The first-order valence-electron chi connectivity index (χ1n) is 9.88. The van der Waals surface area contributed by atoms with Gasteiger partial charge in [0.05, 0.1) is 18.2 Å². The van der Waals surface area contributed by atoms with E-state index in [2.05, 4.69) is 15.5 Å². The maximum atomic E-state index is 14.5. The predicted molar refractivity (Wildman–Crippen MR) is 111 cm³/mol. The predicted octanol–water partition coefficient (Wildman–Crippen LogP) is 3.83. The van der Waals surface area contributed by atoms with Crippen molar-refractivity contribution < 1.29 is 23.1 Å². The van der Waals surface area contributed by atoms with Gasteiger partial charge in [-0.1, -0.05) is 6.07 Å². The van der Waals surface area contributed by atoms with Gasteiger partial charge < -0.3 is 19.7 Å². The Balaban J connectivity index is 1.63. The monoisotopic (exact) mass is 428 g/mol. The minimum atomic E-state index is -0.844. The van der Waals surface area contributed by atoms with Crippen LogP contribution in [-0.4, -0.2) is 39.1 Å². The molecule has 0 aliphatic heterocycles. The van der Waals surface area contributed by atoms with Crippen LogP contribution in [0.25, 0.3) is 28.3 Å². The molecule has 0 saturated heterocycles. The molecule has 4 rings (SSSR count). The van der Waals surface area contributed by atoms with Gasteiger partial charge in [0.2, 0.25) is 0 Å². The summed E-state index contributed by atoms with van der Waals surface area (Å²) in [7, 11) is 0. The van der Waals surface area contributed by atoms with Gasteiger partial charge in [-0.3, -0.25) is 4.57 Å². The number of aliphatic hydroxyl groups excluding tert-OH is 1. The fraction of sp³-hybridized carbons (Fsp3) is 0.273. The van der Waals surface area contributed by atoms with E-state index in [1.54, 1.807) is 24.6 Å². The van der Waals surface area contributed by atoms with Crippen molar-refractivity contribution in [1.29, 1.82) is 0 Å². The Morgan fingerprint density at radius 2 is 1.94 bits per heavy atom. The van der Waals surface area contributed by atoms with Crippen LogP contribution >= 0.6 is 0 Å². The number of benzene rings is 2. The molecule has 0 amide bonds. The van der Waals surface area contributed by atoms with Crippen molar-refractivity contribution in [1.82, 2.24) is 20.0 Å². The lowest BCUT2D eigenvalue weighted by molar-refractivity contribution is 0.240. The number of ether oxygens (including phenoxy) is 1. The molecule has 9 heteroatoms. The van der Waals surface area contributed by atoms with Crippen molar-refractivity contribution in [3.63, 3.8) is 0 Å². The van der Waals surface area contributed by atoms with Gasteiger partial charge in [0.15, 0.2) is 0 Å². The Labute approximate surface area is 177 Å². The zero-order valence-corrected chi connectivity index (χ0v) is 17.1. The Bertz CT molecular complexity index is 1180. The summed E-state index contributed by atoms with van der Waals surface area (Å²) in [6.45, 7) is 4.76. The molecule has 0 aliphatic carbocycles. The van der Waals surface area contributed by atoms with E-state index in [1.165, 1.54) is 0 Å². The first kappa shape index (κ1) is 21.0. The molecule has 4 aromatic rings. The smallest absolute Gasteiger partial charge is 0.275 e. The highest BCUT2D eigenvalue weighted by atomic mass is 19.1. The van der Waals surface area contributed by atoms with E-state index in [9.17, 15) is 8.78 Å². The Kier molecular flexibility index (Phi) is 5.97. The van der Waals surface area contributed by atoms with Crippen LogP contribution in [0, 0.1) is 11.6 Å². The number of hydrogen-bond donors (Lipinski definition) is 2. The van der Waals surface area contributed by atoms with Crippen molar-refractivity contribution in [2.75, 3.05) is 13.2 Å². The number of nitrogens with zero attached hydrogens (tertiary/aromatic N) is 3. The molecule has 31 heavy (non-hydrogen) atoms. The lowest BCUT2D eigenvalue weighted by Gasteiger charge is -2.10. The maximum absolute atomic E-state index is 14.5. The molecule has 2 heterocycles. The van der Waals surface area contributed by atoms with E-state index in [4.69, 9.17) is 14.4 Å². The zero-order chi connectivity index (χ0) is 22.0. The molecule has 7 nitrogen and oxygen atoms in total. The van der Waals surface area contributed by atoms with E-state index < -0.39 is 17.2 Å². The molecular weight excluding hydrogens is 406 g/mol. The third-order valence-corrected chi connectivity index (χ3v) is 4.60. The number of nitrogens with one attached hydrogen (secondary N) is 1. The van der Waals surface area contributed by atoms with Crippen molar-refractivity contribution in [2.24, 2.45) is 0 Å². The van der Waals surface area contributed by atoms with Crippen LogP contribution in [0.5, 0.6) is 5.75 Å². The van der Waals surface area contributed by atoms with Crippen LogP contribution in [0.1, 0.15) is 19.4 Å². The minimum absolute atomic E-state index is 0.0768. The van der Waals surface area contributed by atoms with Gasteiger partial charge in [-0.15, -0.1) is 0 Å².